The maximum Gasteiger partial charge on any atom is 0.244 e. The van der Waals surface area contributed by atoms with Crippen LogP contribution in [0.15, 0.2) is 78.0 Å². The molecule has 0 bridgehead atoms. The van der Waals surface area contributed by atoms with Gasteiger partial charge in [-0.05, 0) is 47.9 Å². The lowest BCUT2D eigenvalue weighted by Crippen LogP contribution is -2.48. The van der Waals surface area contributed by atoms with E-state index in [0.29, 0.717) is 12.0 Å². The summed E-state index contributed by atoms with van der Waals surface area (Å²) in [6.07, 6.45) is 2.59. The van der Waals surface area contributed by atoms with Crippen LogP contribution in [0, 0.1) is 0 Å². The molecule has 0 saturated heterocycles. The molecule has 0 radical (unpaired) electrons. The van der Waals surface area contributed by atoms with Gasteiger partial charge in [-0.25, -0.2) is 8.42 Å². The third-order valence-electron chi connectivity index (χ3n) is 5.03. The van der Waals surface area contributed by atoms with Crippen molar-refractivity contribution >= 4 is 10.0 Å². The van der Waals surface area contributed by atoms with Gasteiger partial charge in [-0.1, -0.05) is 30.3 Å². The Bertz CT molecular complexity index is 1070. The largest absolute Gasteiger partial charge is 0.508 e. The summed E-state index contributed by atoms with van der Waals surface area (Å²) in [5.41, 5.74) is 2.04. The van der Waals surface area contributed by atoms with Crippen molar-refractivity contribution in [1.82, 2.24) is 9.29 Å². The van der Waals surface area contributed by atoms with Crippen LogP contribution in [0.25, 0.3) is 0 Å². The van der Waals surface area contributed by atoms with E-state index in [0.717, 1.165) is 11.1 Å². The zero-order valence-electron chi connectivity index (χ0n) is 15.0. The van der Waals surface area contributed by atoms with E-state index in [1.807, 2.05) is 0 Å². The van der Waals surface area contributed by atoms with E-state index in [-0.39, 0.29) is 17.2 Å². The first-order valence-electron chi connectivity index (χ1n) is 8.92. The summed E-state index contributed by atoms with van der Waals surface area (Å²) in [4.78, 5) is 4.12. The summed E-state index contributed by atoms with van der Waals surface area (Å²) < 4.78 is 28.1. The molecule has 144 valence electrons. The van der Waals surface area contributed by atoms with Crippen molar-refractivity contribution < 1.29 is 18.6 Å². The van der Waals surface area contributed by atoms with Gasteiger partial charge in [0.1, 0.15) is 5.75 Å². The third kappa shape index (κ3) is 3.40. The molecule has 7 heteroatoms. The topological polar surface area (TPSA) is 90.7 Å². The van der Waals surface area contributed by atoms with E-state index in [1.165, 1.54) is 10.4 Å². The first-order chi connectivity index (χ1) is 13.5. The lowest BCUT2D eigenvalue weighted by molar-refractivity contribution is 0.0769. The van der Waals surface area contributed by atoms with Gasteiger partial charge in [-0.3, -0.25) is 4.98 Å². The van der Waals surface area contributed by atoms with E-state index in [4.69, 9.17) is 0 Å². The van der Waals surface area contributed by atoms with Crippen LogP contribution in [0.5, 0.6) is 5.75 Å². The molecule has 0 unspecified atom stereocenters. The highest BCUT2D eigenvalue weighted by molar-refractivity contribution is 7.89. The minimum Gasteiger partial charge on any atom is -0.508 e. The molecule has 2 atom stereocenters. The molecule has 2 aromatic carbocycles. The minimum absolute atomic E-state index is 0.138. The fourth-order valence-corrected chi connectivity index (χ4v) is 5.44. The van der Waals surface area contributed by atoms with Crippen LogP contribution < -0.4 is 0 Å². The Hall–Kier alpha value is -2.74. The highest BCUT2D eigenvalue weighted by atomic mass is 32.2. The molecule has 3 aromatic rings. The quantitative estimate of drug-likeness (QED) is 0.708. The van der Waals surface area contributed by atoms with Gasteiger partial charge in [-0.15, -0.1) is 0 Å². The molecule has 0 fully saturated rings. The Labute approximate surface area is 163 Å². The number of aliphatic hydroxyl groups is 1. The van der Waals surface area contributed by atoms with Gasteiger partial charge < -0.3 is 10.2 Å². The van der Waals surface area contributed by atoms with Crippen LogP contribution >= 0.6 is 0 Å². The lowest BCUT2D eigenvalue weighted by atomic mass is 9.95. The summed E-state index contributed by atoms with van der Waals surface area (Å²) in [6.45, 7) is 0.138. The number of hydrogen-bond donors (Lipinski definition) is 2. The molecule has 0 aliphatic carbocycles. The number of aromatic nitrogens is 1. The number of phenols is 1. The summed E-state index contributed by atoms with van der Waals surface area (Å²) in [5, 5.41) is 20.6. The normalized spacial score (nSPS) is 21.2. The van der Waals surface area contributed by atoms with Crippen LogP contribution in [-0.4, -0.2) is 34.0 Å². The first kappa shape index (κ1) is 18.6. The Morgan fingerprint density at radius 2 is 1.61 bits per heavy atom. The van der Waals surface area contributed by atoms with Gasteiger partial charge >= 0.3 is 0 Å². The van der Waals surface area contributed by atoms with Crippen molar-refractivity contribution in [3.63, 3.8) is 0 Å². The number of fused-ring (bicyclic) bond motifs is 1. The number of sulfonamides is 1. The second-order valence-corrected chi connectivity index (χ2v) is 8.69. The fourth-order valence-electron chi connectivity index (χ4n) is 3.59. The van der Waals surface area contributed by atoms with Crippen molar-refractivity contribution in [3.05, 3.63) is 89.7 Å². The Kier molecular flexibility index (Phi) is 4.89. The molecule has 1 aromatic heterocycles. The van der Waals surface area contributed by atoms with Crippen molar-refractivity contribution in [2.75, 3.05) is 0 Å². The maximum atomic E-state index is 13.4. The zero-order valence-corrected chi connectivity index (χ0v) is 15.8. The molecule has 4 rings (SSSR count). The SMILES string of the molecule is O=S1(=O)c2ccccc2[C@@H](O)[C@@H](Cc2ccc(O)cc2)N1Cc1ccncc1. The molecule has 28 heavy (non-hydrogen) atoms. The van der Waals surface area contributed by atoms with Crippen molar-refractivity contribution in [1.29, 1.82) is 0 Å². The number of aliphatic hydroxyl groups excluding tert-OH is 1. The lowest BCUT2D eigenvalue weighted by Gasteiger charge is -2.39. The molecule has 0 spiro atoms. The van der Waals surface area contributed by atoms with E-state index >= 15 is 0 Å². The molecule has 1 aliphatic heterocycles. The van der Waals surface area contributed by atoms with Gasteiger partial charge in [0.25, 0.3) is 0 Å². The molecular formula is C21H20N2O4S. The molecule has 0 amide bonds. The second kappa shape index (κ2) is 7.35. The zero-order chi connectivity index (χ0) is 19.7. The standard InChI is InChI=1S/C21H20N2O4S/c24-17-7-5-15(6-8-17)13-19-21(25)18-3-1-2-4-20(18)28(26,27)23(19)14-16-9-11-22-12-10-16/h1-12,19,21,24-25H,13-14H2/t19-,21-/m1/s1. The number of nitrogens with zero attached hydrogens (tertiary/aromatic N) is 2. The third-order valence-corrected chi connectivity index (χ3v) is 6.97. The minimum atomic E-state index is -3.79. The smallest absolute Gasteiger partial charge is 0.244 e. The highest BCUT2D eigenvalue weighted by Gasteiger charge is 2.43. The van der Waals surface area contributed by atoms with Crippen molar-refractivity contribution in [3.8, 4) is 5.75 Å². The predicted octanol–water partition coefficient (Wildman–Crippen LogP) is 2.64. The van der Waals surface area contributed by atoms with Gasteiger partial charge in [-0.2, -0.15) is 4.31 Å². The monoisotopic (exact) mass is 396 g/mol. The number of pyridine rings is 1. The number of rotatable bonds is 4. The maximum absolute atomic E-state index is 13.4. The number of phenolic OH excluding ortho intramolecular Hbond substituents is 1. The van der Waals surface area contributed by atoms with Gasteiger partial charge in [0.15, 0.2) is 0 Å². The van der Waals surface area contributed by atoms with E-state index < -0.39 is 22.2 Å². The highest BCUT2D eigenvalue weighted by Crippen LogP contribution is 2.39. The number of aromatic hydroxyl groups is 1. The summed E-state index contributed by atoms with van der Waals surface area (Å²) in [6, 6.07) is 16.0. The molecular weight excluding hydrogens is 376 g/mol. The Morgan fingerprint density at radius 1 is 0.929 bits per heavy atom. The molecule has 0 saturated carbocycles. The van der Waals surface area contributed by atoms with Crippen LogP contribution in [0.2, 0.25) is 0 Å². The Balaban J connectivity index is 1.78. The second-order valence-electron chi connectivity index (χ2n) is 6.83. The van der Waals surface area contributed by atoms with Crippen molar-refractivity contribution in [2.45, 2.75) is 30.0 Å². The molecule has 2 N–H and O–H groups in total. The van der Waals surface area contributed by atoms with E-state index in [1.54, 1.807) is 67.0 Å². The van der Waals surface area contributed by atoms with E-state index in [2.05, 4.69) is 4.98 Å². The number of benzene rings is 2. The van der Waals surface area contributed by atoms with Gasteiger partial charge in [0, 0.05) is 24.5 Å². The van der Waals surface area contributed by atoms with Crippen LogP contribution in [0.4, 0.5) is 0 Å². The first-order valence-corrected chi connectivity index (χ1v) is 10.4. The van der Waals surface area contributed by atoms with Crippen LogP contribution in [0.1, 0.15) is 22.8 Å². The average molecular weight is 396 g/mol. The molecule has 2 heterocycles. The van der Waals surface area contributed by atoms with Gasteiger partial charge in [0.2, 0.25) is 10.0 Å². The van der Waals surface area contributed by atoms with Crippen LogP contribution in [-0.2, 0) is 23.0 Å². The summed E-state index contributed by atoms with van der Waals surface area (Å²) in [7, 11) is -3.79. The van der Waals surface area contributed by atoms with E-state index in [9.17, 15) is 18.6 Å². The number of hydrogen-bond acceptors (Lipinski definition) is 5. The fraction of sp³-hybridized carbons (Fsp3) is 0.190. The molecule has 6 nitrogen and oxygen atoms in total. The van der Waals surface area contributed by atoms with Gasteiger partial charge in [0.05, 0.1) is 17.0 Å². The average Bonchev–Trinajstić information content (AvgIpc) is 2.71. The van der Waals surface area contributed by atoms with Crippen molar-refractivity contribution in [2.24, 2.45) is 0 Å². The molecule has 1 aliphatic rings. The summed E-state index contributed by atoms with van der Waals surface area (Å²) in [5.74, 6) is 0.138. The Morgan fingerprint density at radius 3 is 2.32 bits per heavy atom. The summed E-state index contributed by atoms with van der Waals surface area (Å²) >= 11 is 0. The predicted molar refractivity (Wildman–Crippen MR) is 104 cm³/mol. The van der Waals surface area contributed by atoms with Crippen LogP contribution in [0.3, 0.4) is 0 Å².